The highest BCUT2D eigenvalue weighted by molar-refractivity contribution is 7.91. The number of rotatable bonds is 6. The maximum Gasteiger partial charge on any atom is 0.252 e. The van der Waals surface area contributed by atoms with E-state index in [-0.39, 0.29) is 17.2 Å². The van der Waals surface area contributed by atoms with E-state index < -0.39 is 10.0 Å². The fourth-order valence-corrected chi connectivity index (χ4v) is 7.75. The highest BCUT2D eigenvalue weighted by atomic mass is 32.2. The van der Waals surface area contributed by atoms with Crippen molar-refractivity contribution in [1.29, 1.82) is 0 Å². The molecule has 162 valence electrons. The minimum atomic E-state index is -3.53. The van der Waals surface area contributed by atoms with Crippen molar-refractivity contribution >= 4 is 27.3 Å². The number of hydrogen-bond donors (Lipinski definition) is 1. The fourth-order valence-electron chi connectivity index (χ4n) is 5.05. The number of carbonyl (C=O) groups excluding carboxylic acids is 1. The third-order valence-corrected chi connectivity index (χ3v) is 9.89. The molecule has 3 aliphatic rings. The second kappa shape index (κ2) is 9.01. The van der Waals surface area contributed by atoms with E-state index in [0.717, 1.165) is 58.5 Å². The van der Waals surface area contributed by atoms with E-state index in [2.05, 4.69) is 10.2 Å². The standard InChI is InChI=1S/C20H31N3O4S2/c24-19(21-8-9-22-10-12-27-13-11-22)17-15-23(16-20(17)6-2-1-3-7-20)29(25,26)18-5-4-14-28-18/h4-5,14,17H,1-3,6-13,15-16H2,(H,21,24)/t17-/m1/s1. The molecule has 1 aromatic heterocycles. The van der Waals surface area contributed by atoms with Crippen LogP contribution in [0.4, 0.5) is 0 Å². The molecule has 0 aromatic carbocycles. The van der Waals surface area contributed by atoms with Gasteiger partial charge in [0.1, 0.15) is 4.21 Å². The van der Waals surface area contributed by atoms with Crippen LogP contribution < -0.4 is 5.32 Å². The first-order valence-electron chi connectivity index (χ1n) is 10.6. The maximum atomic E-state index is 13.1. The van der Waals surface area contributed by atoms with Crippen molar-refractivity contribution in [2.45, 2.75) is 36.3 Å². The Morgan fingerprint density at radius 1 is 1.24 bits per heavy atom. The summed E-state index contributed by atoms with van der Waals surface area (Å²) in [6, 6.07) is 3.42. The fraction of sp³-hybridized carbons (Fsp3) is 0.750. The first-order valence-corrected chi connectivity index (χ1v) is 12.9. The van der Waals surface area contributed by atoms with Gasteiger partial charge in [-0.25, -0.2) is 8.42 Å². The molecule has 1 aromatic rings. The summed E-state index contributed by atoms with van der Waals surface area (Å²) < 4.78 is 33.5. The van der Waals surface area contributed by atoms with Gasteiger partial charge in [0.05, 0.1) is 19.1 Å². The van der Waals surface area contributed by atoms with Gasteiger partial charge in [0, 0.05) is 39.3 Å². The second-order valence-electron chi connectivity index (χ2n) is 8.45. The van der Waals surface area contributed by atoms with E-state index in [4.69, 9.17) is 4.74 Å². The first kappa shape index (κ1) is 21.2. The quantitative estimate of drug-likeness (QED) is 0.728. The van der Waals surface area contributed by atoms with E-state index in [9.17, 15) is 13.2 Å². The van der Waals surface area contributed by atoms with Gasteiger partial charge >= 0.3 is 0 Å². The molecule has 2 saturated heterocycles. The van der Waals surface area contributed by atoms with Crippen LogP contribution in [-0.4, -0.2) is 76.0 Å². The van der Waals surface area contributed by atoms with Crippen LogP contribution in [0.3, 0.4) is 0 Å². The number of ether oxygens (including phenoxy) is 1. The van der Waals surface area contributed by atoms with Crippen LogP contribution >= 0.6 is 11.3 Å². The van der Waals surface area contributed by atoms with Crippen molar-refractivity contribution < 1.29 is 17.9 Å². The number of morpholine rings is 1. The molecule has 3 heterocycles. The molecule has 9 heteroatoms. The van der Waals surface area contributed by atoms with Crippen LogP contribution in [-0.2, 0) is 19.6 Å². The van der Waals surface area contributed by atoms with Gasteiger partial charge in [-0.2, -0.15) is 4.31 Å². The molecule has 0 unspecified atom stereocenters. The summed E-state index contributed by atoms with van der Waals surface area (Å²) in [7, 11) is -3.53. The molecular formula is C20H31N3O4S2. The van der Waals surface area contributed by atoms with Gasteiger partial charge in [-0.1, -0.05) is 25.3 Å². The van der Waals surface area contributed by atoms with Crippen molar-refractivity contribution in [3.8, 4) is 0 Å². The zero-order chi connectivity index (χ0) is 20.3. The molecule has 3 fully saturated rings. The second-order valence-corrected chi connectivity index (χ2v) is 11.6. The summed E-state index contributed by atoms with van der Waals surface area (Å²) >= 11 is 1.25. The van der Waals surface area contributed by atoms with Crippen molar-refractivity contribution in [1.82, 2.24) is 14.5 Å². The lowest BCUT2D eigenvalue weighted by molar-refractivity contribution is -0.128. The number of carbonyl (C=O) groups is 1. The van der Waals surface area contributed by atoms with Crippen LogP contribution in [0.5, 0.6) is 0 Å². The number of nitrogens with zero attached hydrogens (tertiary/aromatic N) is 2. The number of amides is 1. The first-order chi connectivity index (χ1) is 14.0. The zero-order valence-electron chi connectivity index (χ0n) is 16.8. The van der Waals surface area contributed by atoms with Crippen molar-refractivity contribution in [2.75, 3.05) is 52.5 Å². The molecule has 4 rings (SSSR count). The van der Waals surface area contributed by atoms with E-state index in [1.807, 2.05) is 0 Å². The number of hydrogen-bond acceptors (Lipinski definition) is 6. The van der Waals surface area contributed by atoms with Crippen LogP contribution in [0.1, 0.15) is 32.1 Å². The average molecular weight is 442 g/mol. The Balaban J connectivity index is 1.44. The third kappa shape index (κ3) is 4.54. The monoisotopic (exact) mass is 441 g/mol. The lowest BCUT2D eigenvalue weighted by Crippen LogP contribution is -2.46. The summed E-state index contributed by atoms with van der Waals surface area (Å²) in [5.74, 6) is -0.244. The molecule has 1 saturated carbocycles. The van der Waals surface area contributed by atoms with E-state index in [0.29, 0.717) is 23.8 Å². The van der Waals surface area contributed by atoms with Gasteiger partial charge in [-0.15, -0.1) is 11.3 Å². The van der Waals surface area contributed by atoms with Gasteiger partial charge in [-0.3, -0.25) is 9.69 Å². The zero-order valence-corrected chi connectivity index (χ0v) is 18.5. The van der Waals surface area contributed by atoms with Gasteiger partial charge in [0.2, 0.25) is 5.91 Å². The highest BCUT2D eigenvalue weighted by Crippen LogP contribution is 2.49. The third-order valence-electron chi connectivity index (χ3n) is 6.70. The Bertz CT molecular complexity index is 785. The minimum absolute atomic E-state index is 0.0176. The lowest BCUT2D eigenvalue weighted by Gasteiger charge is -2.37. The van der Waals surface area contributed by atoms with Gasteiger partial charge < -0.3 is 10.1 Å². The minimum Gasteiger partial charge on any atom is -0.379 e. The van der Waals surface area contributed by atoms with Crippen LogP contribution in [0.25, 0.3) is 0 Å². The molecule has 0 bridgehead atoms. The molecule has 0 radical (unpaired) electrons. The lowest BCUT2D eigenvalue weighted by atomic mass is 9.67. The highest BCUT2D eigenvalue weighted by Gasteiger charge is 2.53. The van der Waals surface area contributed by atoms with Crippen molar-refractivity contribution in [3.05, 3.63) is 17.5 Å². The molecule has 7 nitrogen and oxygen atoms in total. The van der Waals surface area contributed by atoms with Gasteiger partial charge in [-0.05, 0) is 29.7 Å². The number of nitrogens with one attached hydrogen (secondary N) is 1. The molecule has 1 atom stereocenters. The van der Waals surface area contributed by atoms with Gasteiger partial charge in [0.25, 0.3) is 10.0 Å². The Kier molecular flexibility index (Phi) is 6.60. The molecular weight excluding hydrogens is 410 g/mol. The Morgan fingerprint density at radius 3 is 2.69 bits per heavy atom. The average Bonchev–Trinajstić information content (AvgIpc) is 3.39. The summed E-state index contributed by atoms with van der Waals surface area (Å²) in [4.78, 5) is 15.4. The van der Waals surface area contributed by atoms with E-state index in [1.165, 1.54) is 17.8 Å². The predicted molar refractivity (Wildman–Crippen MR) is 112 cm³/mol. The Hall–Kier alpha value is -1.00. The number of thiophene rings is 1. The summed E-state index contributed by atoms with van der Waals surface area (Å²) in [6.45, 7) is 5.46. The predicted octanol–water partition coefficient (Wildman–Crippen LogP) is 1.77. The summed E-state index contributed by atoms with van der Waals surface area (Å²) in [5.41, 5.74) is -0.217. The van der Waals surface area contributed by atoms with Crippen molar-refractivity contribution in [3.63, 3.8) is 0 Å². The normalized spacial score (nSPS) is 26.0. The summed E-state index contributed by atoms with van der Waals surface area (Å²) in [5, 5.41) is 4.90. The van der Waals surface area contributed by atoms with Gasteiger partial charge in [0.15, 0.2) is 0 Å². The maximum absolute atomic E-state index is 13.1. The smallest absolute Gasteiger partial charge is 0.252 e. The summed E-state index contributed by atoms with van der Waals surface area (Å²) in [6.07, 6.45) is 5.19. The molecule has 2 aliphatic heterocycles. The Labute approximate surface area is 177 Å². The van der Waals surface area contributed by atoms with E-state index >= 15 is 0 Å². The molecule has 1 spiro atoms. The molecule has 1 amide bonds. The van der Waals surface area contributed by atoms with Crippen molar-refractivity contribution in [2.24, 2.45) is 11.3 Å². The molecule has 1 aliphatic carbocycles. The number of sulfonamides is 1. The molecule has 1 N–H and O–H groups in total. The largest absolute Gasteiger partial charge is 0.379 e. The van der Waals surface area contributed by atoms with E-state index in [1.54, 1.807) is 21.8 Å². The van der Waals surface area contributed by atoms with Crippen LogP contribution in [0.15, 0.2) is 21.7 Å². The molecule has 29 heavy (non-hydrogen) atoms. The topological polar surface area (TPSA) is 79.0 Å². The van der Waals surface area contributed by atoms with Crippen LogP contribution in [0, 0.1) is 11.3 Å². The SMILES string of the molecule is O=C(NCCN1CCOCC1)[C@H]1CN(S(=O)(=O)c2cccs2)CC12CCCCC2. The van der Waals surface area contributed by atoms with Crippen LogP contribution in [0.2, 0.25) is 0 Å². The Morgan fingerprint density at radius 2 is 2.00 bits per heavy atom.